The van der Waals surface area contributed by atoms with Crippen molar-refractivity contribution < 1.29 is 4.74 Å². The average molecular weight is 279 g/mol. The summed E-state index contributed by atoms with van der Waals surface area (Å²) >= 11 is 1.91. The molecule has 2 nitrogen and oxygen atoms in total. The maximum absolute atomic E-state index is 6.01. The van der Waals surface area contributed by atoms with E-state index in [4.69, 9.17) is 4.74 Å². The lowest BCUT2D eigenvalue weighted by atomic mass is 9.94. The number of hydrogen-bond donors (Lipinski definition) is 1. The molecular formula is C16H25NOS. The minimum Gasteiger partial charge on any atom is -0.373 e. The van der Waals surface area contributed by atoms with Gasteiger partial charge in [0.15, 0.2) is 0 Å². The Morgan fingerprint density at radius 1 is 1.42 bits per heavy atom. The second-order valence-corrected chi connectivity index (χ2v) is 6.06. The van der Waals surface area contributed by atoms with Gasteiger partial charge in [-0.1, -0.05) is 31.2 Å². The SMILES string of the molecule is CCCNC(CSC)CC1OCCc2ccccc21. The number of hydrogen-bond acceptors (Lipinski definition) is 3. The van der Waals surface area contributed by atoms with E-state index < -0.39 is 0 Å². The predicted octanol–water partition coefficient (Wildman–Crippen LogP) is 3.42. The minimum absolute atomic E-state index is 0.270. The van der Waals surface area contributed by atoms with Gasteiger partial charge < -0.3 is 10.1 Å². The summed E-state index contributed by atoms with van der Waals surface area (Å²) in [5, 5.41) is 3.65. The van der Waals surface area contributed by atoms with Crippen LogP contribution < -0.4 is 5.32 Å². The normalized spacial score (nSPS) is 20.0. The standard InChI is InChI=1S/C16H25NOS/c1-3-9-17-14(12-19-2)11-16-15-7-5-4-6-13(15)8-10-18-16/h4-7,14,16-17H,3,8-12H2,1-2H3. The molecule has 0 amide bonds. The number of thioether (sulfide) groups is 1. The zero-order valence-corrected chi connectivity index (χ0v) is 12.8. The molecule has 0 spiro atoms. The third kappa shape index (κ3) is 4.23. The van der Waals surface area contributed by atoms with Crippen LogP contribution in [0.15, 0.2) is 24.3 Å². The highest BCUT2D eigenvalue weighted by Gasteiger charge is 2.23. The van der Waals surface area contributed by atoms with Crippen molar-refractivity contribution in [3.8, 4) is 0 Å². The summed E-state index contributed by atoms with van der Waals surface area (Å²) < 4.78 is 6.01. The second kappa shape index (κ2) is 7.93. The van der Waals surface area contributed by atoms with Crippen LogP contribution in [0.1, 0.15) is 37.0 Å². The van der Waals surface area contributed by atoms with Gasteiger partial charge in [-0.05, 0) is 43.2 Å². The molecule has 2 atom stereocenters. The van der Waals surface area contributed by atoms with E-state index in [1.807, 2.05) is 11.8 Å². The highest BCUT2D eigenvalue weighted by Crippen LogP contribution is 2.30. The van der Waals surface area contributed by atoms with Gasteiger partial charge in [0.1, 0.15) is 0 Å². The Balaban J connectivity index is 2.01. The van der Waals surface area contributed by atoms with Crippen LogP contribution in [0, 0.1) is 0 Å². The lowest BCUT2D eigenvalue weighted by Gasteiger charge is -2.29. The number of rotatable bonds is 7. The zero-order valence-electron chi connectivity index (χ0n) is 12.0. The molecule has 1 aromatic rings. The van der Waals surface area contributed by atoms with Gasteiger partial charge in [0.05, 0.1) is 12.7 Å². The quantitative estimate of drug-likeness (QED) is 0.826. The van der Waals surface area contributed by atoms with E-state index in [-0.39, 0.29) is 6.10 Å². The van der Waals surface area contributed by atoms with Crippen molar-refractivity contribution in [3.63, 3.8) is 0 Å². The van der Waals surface area contributed by atoms with E-state index in [0.717, 1.165) is 31.7 Å². The third-order valence-electron chi connectivity index (χ3n) is 3.64. The summed E-state index contributed by atoms with van der Waals surface area (Å²) in [6.45, 7) is 4.18. The summed E-state index contributed by atoms with van der Waals surface area (Å²) in [7, 11) is 0. The first-order chi connectivity index (χ1) is 9.35. The number of benzene rings is 1. The fourth-order valence-corrected chi connectivity index (χ4v) is 3.35. The number of fused-ring (bicyclic) bond motifs is 1. The smallest absolute Gasteiger partial charge is 0.0842 e. The van der Waals surface area contributed by atoms with Crippen LogP contribution in [0.2, 0.25) is 0 Å². The highest BCUT2D eigenvalue weighted by molar-refractivity contribution is 7.98. The maximum atomic E-state index is 6.01. The van der Waals surface area contributed by atoms with E-state index in [0.29, 0.717) is 6.04 Å². The summed E-state index contributed by atoms with van der Waals surface area (Å²) in [5.41, 5.74) is 2.87. The van der Waals surface area contributed by atoms with Crippen molar-refractivity contribution in [2.75, 3.05) is 25.2 Å². The summed E-state index contributed by atoms with van der Waals surface area (Å²) in [5.74, 6) is 1.15. The van der Waals surface area contributed by atoms with E-state index in [2.05, 4.69) is 42.8 Å². The average Bonchev–Trinajstić information content (AvgIpc) is 2.45. The van der Waals surface area contributed by atoms with Gasteiger partial charge in [0, 0.05) is 11.8 Å². The first-order valence-corrected chi connectivity index (χ1v) is 8.66. The maximum Gasteiger partial charge on any atom is 0.0842 e. The largest absolute Gasteiger partial charge is 0.373 e. The van der Waals surface area contributed by atoms with Crippen LogP contribution in [-0.4, -0.2) is 31.2 Å². The molecule has 1 aromatic carbocycles. The van der Waals surface area contributed by atoms with Crippen LogP contribution in [-0.2, 0) is 11.2 Å². The van der Waals surface area contributed by atoms with Crippen LogP contribution >= 0.6 is 11.8 Å². The molecule has 0 aliphatic carbocycles. The molecule has 19 heavy (non-hydrogen) atoms. The fraction of sp³-hybridized carbons (Fsp3) is 0.625. The van der Waals surface area contributed by atoms with Crippen molar-refractivity contribution in [2.24, 2.45) is 0 Å². The van der Waals surface area contributed by atoms with Gasteiger partial charge in [0.25, 0.3) is 0 Å². The molecule has 1 aliphatic heterocycles. The summed E-state index contributed by atoms with van der Waals surface area (Å²) in [6.07, 6.45) is 5.77. The molecule has 1 N–H and O–H groups in total. The van der Waals surface area contributed by atoms with E-state index in [1.165, 1.54) is 17.5 Å². The van der Waals surface area contributed by atoms with Crippen molar-refractivity contribution in [2.45, 2.75) is 38.3 Å². The van der Waals surface area contributed by atoms with Crippen molar-refractivity contribution in [3.05, 3.63) is 35.4 Å². The van der Waals surface area contributed by atoms with Gasteiger partial charge in [-0.3, -0.25) is 0 Å². The van der Waals surface area contributed by atoms with Gasteiger partial charge >= 0.3 is 0 Å². The zero-order chi connectivity index (χ0) is 13.5. The number of nitrogens with one attached hydrogen (secondary N) is 1. The van der Waals surface area contributed by atoms with Gasteiger partial charge in [-0.15, -0.1) is 0 Å². The molecule has 0 fully saturated rings. The van der Waals surface area contributed by atoms with Crippen molar-refractivity contribution in [1.29, 1.82) is 0 Å². The van der Waals surface area contributed by atoms with E-state index >= 15 is 0 Å². The van der Waals surface area contributed by atoms with E-state index in [1.54, 1.807) is 0 Å². The summed E-state index contributed by atoms with van der Waals surface area (Å²) in [6, 6.07) is 9.29. The Labute approximate surface area is 121 Å². The van der Waals surface area contributed by atoms with Crippen LogP contribution in [0.3, 0.4) is 0 Å². The Morgan fingerprint density at radius 3 is 3.05 bits per heavy atom. The van der Waals surface area contributed by atoms with Crippen molar-refractivity contribution >= 4 is 11.8 Å². The van der Waals surface area contributed by atoms with Crippen LogP contribution in [0.5, 0.6) is 0 Å². The molecular weight excluding hydrogens is 254 g/mol. The summed E-state index contributed by atoms with van der Waals surface area (Å²) in [4.78, 5) is 0. The molecule has 3 heteroatoms. The minimum atomic E-state index is 0.270. The molecule has 2 rings (SSSR count). The molecule has 0 aromatic heterocycles. The van der Waals surface area contributed by atoms with Gasteiger partial charge in [0.2, 0.25) is 0 Å². The Hall–Kier alpha value is -0.510. The van der Waals surface area contributed by atoms with Crippen LogP contribution in [0.4, 0.5) is 0 Å². The number of ether oxygens (including phenoxy) is 1. The molecule has 1 aliphatic rings. The third-order valence-corrected chi connectivity index (χ3v) is 4.38. The topological polar surface area (TPSA) is 21.3 Å². The molecule has 106 valence electrons. The lowest BCUT2D eigenvalue weighted by molar-refractivity contribution is 0.0311. The molecule has 0 bridgehead atoms. The first kappa shape index (κ1) is 14.9. The van der Waals surface area contributed by atoms with Crippen molar-refractivity contribution in [1.82, 2.24) is 5.32 Å². The van der Waals surface area contributed by atoms with E-state index in [9.17, 15) is 0 Å². The lowest BCUT2D eigenvalue weighted by Crippen LogP contribution is -2.35. The monoisotopic (exact) mass is 279 g/mol. The Bertz CT molecular complexity index is 383. The van der Waals surface area contributed by atoms with Gasteiger partial charge in [-0.2, -0.15) is 11.8 Å². The fourth-order valence-electron chi connectivity index (χ4n) is 2.69. The van der Waals surface area contributed by atoms with Crippen LogP contribution in [0.25, 0.3) is 0 Å². The second-order valence-electron chi connectivity index (χ2n) is 5.15. The molecule has 2 unspecified atom stereocenters. The molecule has 0 saturated heterocycles. The molecule has 0 saturated carbocycles. The molecule has 1 heterocycles. The Morgan fingerprint density at radius 2 is 2.26 bits per heavy atom. The molecule has 0 radical (unpaired) electrons. The predicted molar refractivity (Wildman–Crippen MR) is 83.9 cm³/mol. The van der Waals surface area contributed by atoms with Gasteiger partial charge in [-0.25, -0.2) is 0 Å². The highest BCUT2D eigenvalue weighted by atomic mass is 32.2. The Kier molecular flexibility index (Phi) is 6.21. The first-order valence-electron chi connectivity index (χ1n) is 7.26.